The highest BCUT2D eigenvalue weighted by atomic mass is 32.2. The molecule has 5 heteroatoms. The van der Waals surface area contributed by atoms with Crippen LogP contribution < -0.4 is 0 Å². The van der Waals surface area contributed by atoms with E-state index in [0.717, 1.165) is 17.8 Å². The summed E-state index contributed by atoms with van der Waals surface area (Å²) in [5, 5.41) is 16.4. The van der Waals surface area contributed by atoms with Crippen LogP contribution in [0, 0.1) is 0 Å². The molecule has 0 aliphatic rings. The van der Waals surface area contributed by atoms with Gasteiger partial charge in [-0.15, -0.1) is 5.10 Å². The predicted molar refractivity (Wildman–Crippen MR) is 69.0 cm³/mol. The Hall–Kier alpha value is -1.33. The van der Waals surface area contributed by atoms with Gasteiger partial charge >= 0.3 is 0 Å². The maximum atomic E-state index is 8.72. The van der Waals surface area contributed by atoms with E-state index in [2.05, 4.69) is 34.2 Å². The first kappa shape index (κ1) is 12.1. The first-order valence-electron chi connectivity index (χ1n) is 5.59. The molecule has 0 aliphatic carbocycles. The monoisotopic (exact) mass is 249 g/mol. The molecule has 0 atom stereocenters. The molecular formula is C12H15N3OS. The Balaban J connectivity index is 2.12. The summed E-state index contributed by atoms with van der Waals surface area (Å²) in [5.41, 5.74) is 2.34. The van der Waals surface area contributed by atoms with Crippen LogP contribution in [-0.4, -0.2) is 32.6 Å². The fraction of sp³-hybridized carbons (Fsp3) is 0.333. The topological polar surface area (TPSA) is 61.8 Å². The summed E-state index contributed by atoms with van der Waals surface area (Å²) in [6, 6.07) is 8.27. The van der Waals surface area contributed by atoms with Gasteiger partial charge in [0.1, 0.15) is 0 Å². The minimum Gasteiger partial charge on any atom is -0.396 e. The molecule has 2 rings (SSSR count). The Morgan fingerprint density at radius 2 is 2.06 bits per heavy atom. The summed E-state index contributed by atoms with van der Waals surface area (Å²) in [7, 11) is 0. The van der Waals surface area contributed by atoms with Crippen LogP contribution >= 0.6 is 11.8 Å². The number of nitrogens with zero attached hydrogens (tertiary/aromatic N) is 2. The number of hydrogen-bond donors (Lipinski definition) is 2. The second-order valence-corrected chi connectivity index (χ2v) is 4.65. The van der Waals surface area contributed by atoms with E-state index in [1.54, 1.807) is 0 Å². The van der Waals surface area contributed by atoms with Crippen LogP contribution in [0.2, 0.25) is 0 Å². The summed E-state index contributed by atoms with van der Waals surface area (Å²) >= 11 is 1.44. The van der Waals surface area contributed by atoms with Crippen molar-refractivity contribution in [2.75, 3.05) is 12.4 Å². The number of aromatic amines is 1. The Bertz CT molecular complexity index is 467. The Morgan fingerprint density at radius 1 is 1.29 bits per heavy atom. The molecule has 1 heterocycles. The van der Waals surface area contributed by atoms with E-state index in [9.17, 15) is 0 Å². The minimum absolute atomic E-state index is 0.139. The van der Waals surface area contributed by atoms with Crippen molar-refractivity contribution >= 4 is 11.8 Å². The second-order valence-electron chi connectivity index (χ2n) is 3.59. The van der Waals surface area contributed by atoms with E-state index in [4.69, 9.17) is 5.11 Å². The summed E-state index contributed by atoms with van der Waals surface area (Å²) in [6.07, 6.45) is 1.04. The number of hydrogen-bond acceptors (Lipinski definition) is 4. The molecule has 0 radical (unpaired) electrons. The van der Waals surface area contributed by atoms with Crippen molar-refractivity contribution in [1.82, 2.24) is 15.2 Å². The zero-order valence-corrected chi connectivity index (χ0v) is 10.5. The molecule has 0 spiro atoms. The summed E-state index contributed by atoms with van der Waals surface area (Å²) in [5.74, 6) is 1.39. The molecule has 0 saturated heterocycles. The number of aryl methyl sites for hydroxylation is 1. The Morgan fingerprint density at radius 3 is 2.71 bits per heavy atom. The van der Waals surface area contributed by atoms with Crippen molar-refractivity contribution in [3.05, 3.63) is 29.8 Å². The van der Waals surface area contributed by atoms with E-state index >= 15 is 0 Å². The summed E-state index contributed by atoms with van der Waals surface area (Å²) < 4.78 is 0. The maximum Gasteiger partial charge on any atom is 0.208 e. The number of rotatable bonds is 5. The van der Waals surface area contributed by atoms with Gasteiger partial charge in [0.2, 0.25) is 5.16 Å². The second kappa shape index (κ2) is 5.84. The zero-order chi connectivity index (χ0) is 12.1. The summed E-state index contributed by atoms with van der Waals surface area (Å²) in [6.45, 7) is 2.27. The van der Waals surface area contributed by atoms with E-state index in [0.29, 0.717) is 10.9 Å². The first-order chi connectivity index (χ1) is 8.33. The van der Waals surface area contributed by atoms with Crippen molar-refractivity contribution in [1.29, 1.82) is 0 Å². The molecule has 0 amide bonds. The van der Waals surface area contributed by atoms with Gasteiger partial charge in [0.25, 0.3) is 0 Å². The third-order valence-corrected chi connectivity index (χ3v) is 3.25. The molecule has 2 aromatic rings. The largest absolute Gasteiger partial charge is 0.396 e. The normalized spacial score (nSPS) is 10.7. The van der Waals surface area contributed by atoms with Crippen LogP contribution in [0.1, 0.15) is 12.5 Å². The number of aliphatic hydroxyl groups is 1. The average Bonchev–Trinajstić information content (AvgIpc) is 2.85. The Labute approximate surface area is 104 Å². The number of H-pyrrole nitrogens is 1. The SMILES string of the molecule is CCc1ccc(-c2nc(SCCO)n[nH]2)cc1. The van der Waals surface area contributed by atoms with Crippen LogP contribution in [-0.2, 0) is 6.42 Å². The van der Waals surface area contributed by atoms with Crippen LogP contribution in [0.15, 0.2) is 29.4 Å². The maximum absolute atomic E-state index is 8.72. The average molecular weight is 249 g/mol. The molecule has 17 heavy (non-hydrogen) atoms. The molecule has 0 bridgehead atoms. The van der Waals surface area contributed by atoms with E-state index in [1.807, 2.05) is 12.1 Å². The number of nitrogens with one attached hydrogen (secondary N) is 1. The number of aliphatic hydroxyl groups excluding tert-OH is 1. The number of thioether (sulfide) groups is 1. The van der Waals surface area contributed by atoms with Crippen LogP contribution in [0.25, 0.3) is 11.4 Å². The number of aromatic nitrogens is 3. The van der Waals surface area contributed by atoms with Crippen LogP contribution in [0.5, 0.6) is 0 Å². The van der Waals surface area contributed by atoms with E-state index in [1.165, 1.54) is 17.3 Å². The number of benzene rings is 1. The molecule has 4 nitrogen and oxygen atoms in total. The Kier molecular flexibility index (Phi) is 4.17. The fourth-order valence-corrected chi connectivity index (χ4v) is 2.02. The van der Waals surface area contributed by atoms with Gasteiger partial charge in [-0.25, -0.2) is 4.98 Å². The zero-order valence-electron chi connectivity index (χ0n) is 9.68. The molecule has 90 valence electrons. The quantitative estimate of drug-likeness (QED) is 0.797. The molecule has 1 aromatic carbocycles. The standard InChI is InChI=1S/C12H15N3OS/c1-2-9-3-5-10(6-4-9)11-13-12(15-14-11)17-8-7-16/h3-6,16H,2,7-8H2,1H3,(H,13,14,15). The van der Waals surface area contributed by atoms with Gasteiger partial charge in [-0.05, 0) is 12.0 Å². The van der Waals surface area contributed by atoms with Gasteiger partial charge < -0.3 is 5.11 Å². The van der Waals surface area contributed by atoms with Gasteiger partial charge in [-0.1, -0.05) is 43.0 Å². The highest BCUT2D eigenvalue weighted by Gasteiger charge is 2.05. The van der Waals surface area contributed by atoms with Gasteiger partial charge in [0.15, 0.2) is 5.82 Å². The van der Waals surface area contributed by atoms with Gasteiger partial charge in [-0.3, -0.25) is 5.10 Å². The smallest absolute Gasteiger partial charge is 0.208 e. The van der Waals surface area contributed by atoms with Crippen molar-refractivity contribution in [3.8, 4) is 11.4 Å². The van der Waals surface area contributed by atoms with Crippen molar-refractivity contribution in [2.24, 2.45) is 0 Å². The van der Waals surface area contributed by atoms with E-state index in [-0.39, 0.29) is 6.61 Å². The van der Waals surface area contributed by atoms with Crippen LogP contribution in [0.3, 0.4) is 0 Å². The minimum atomic E-state index is 0.139. The molecule has 1 aromatic heterocycles. The van der Waals surface area contributed by atoms with Crippen molar-refractivity contribution in [2.45, 2.75) is 18.5 Å². The lowest BCUT2D eigenvalue weighted by molar-refractivity contribution is 0.322. The lowest BCUT2D eigenvalue weighted by Crippen LogP contribution is -1.86. The molecular weight excluding hydrogens is 234 g/mol. The highest BCUT2D eigenvalue weighted by molar-refractivity contribution is 7.99. The lowest BCUT2D eigenvalue weighted by atomic mass is 10.1. The lowest BCUT2D eigenvalue weighted by Gasteiger charge is -1.98. The molecule has 0 fully saturated rings. The first-order valence-corrected chi connectivity index (χ1v) is 6.57. The van der Waals surface area contributed by atoms with E-state index < -0.39 is 0 Å². The molecule has 2 N–H and O–H groups in total. The predicted octanol–water partition coefficient (Wildman–Crippen LogP) is 2.12. The van der Waals surface area contributed by atoms with Gasteiger partial charge in [-0.2, -0.15) is 0 Å². The van der Waals surface area contributed by atoms with Crippen molar-refractivity contribution in [3.63, 3.8) is 0 Å². The van der Waals surface area contributed by atoms with Gasteiger partial charge in [0.05, 0.1) is 6.61 Å². The highest BCUT2D eigenvalue weighted by Crippen LogP contribution is 2.19. The fourth-order valence-electron chi connectivity index (χ4n) is 1.48. The summed E-state index contributed by atoms with van der Waals surface area (Å²) in [4.78, 5) is 4.36. The van der Waals surface area contributed by atoms with Crippen LogP contribution in [0.4, 0.5) is 0 Å². The molecule has 0 aliphatic heterocycles. The molecule has 0 unspecified atom stereocenters. The molecule has 0 saturated carbocycles. The van der Waals surface area contributed by atoms with Crippen molar-refractivity contribution < 1.29 is 5.11 Å². The third-order valence-electron chi connectivity index (χ3n) is 2.42. The van der Waals surface area contributed by atoms with Gasteiger partial charge in [0, 0.05) is 11.3 Å². The third kappa shape index (κ3) is 3.08.